The molecule has 0 aromatic heterocycles. The summed E-state index contributed by atoms with van der Waals surface area (Å²) in [6.07, 6.45) is 1.55. The van der Waals surface area contributed by atoms with Crippen molar-refractivity contribution in [2.24, 2.45) is 8.90 Å². The Morgan fingerprint density at radius 3 is 2.90 bits per heavy atom. The third kappa shape index (κ3) is 3.23. The van der Waals surface area contributed by atoms with E-state index in [4.69, 9.17) is 2.98 Å². The van der Waals surface area contributed by atoms with E-state index in [9.17, 15) is 14.0 Å². The molecule has 3 aliphatic rings. The predicted molar refractivity (Wildman–Crippen MR) is 78.7 cm³/mol. The second-order valence-corrected chi connectivity index (χ2v) is 13.2. The summed E-state index contributed by atoms with van der Waals surface area (Å²) in [6, 6.07) is 0. The van der Waals surface area contributed by atoms with E-state index in [1.54, 1.807) is 0 Å². The van der Waals surface area contributed by atoms with Gasteiger partial charge in [-0.25, -0.2) is 0 Å². The SMILES string of the molecule is CC1=[CH][In]([CH]2CCNC(F)C2)[N]=C1C1CCC(=O)NC1=O. The average Bonchev–Trinajstić information content (AvgIpc) is 2.81. The number of halogens is 1. The number of rotatable bonds is 2. The summed E-state index contributed by atoms with van der Waals surface area (Å²) in [6.45, 7) is 2.71. The first-order valence-electron chi connectivity index (χ1n) is 7.52. The molecule has 2 N–H and O–H groups in total. The number of imide groups is 1. The van der Waals surface area contributed by atoms with E-state index < -0.39 is 28.0 Å². The molecule has 2 amide bonds. The molecule has 3 heterocycles. The first-order chi connectivity index (χ1) is 10.0. The second-order valence-electron chi connectivity index (χ2n) is 6.06. The Bertz CT molecular complexity index is 534. The van der Waals surface area contributed by atoms with Gasteiger partial charge in [-0.15, -0.1) is 0 Å². The van der Waals surface area contributed by atoms with E-state index in [1.165, 1.54) is 0 Å². The van der Waals surface area contributed by atoms with E-state index in [2.05, 4.69) is 14.5 Å². The number of alkyl halides is 1. The number of allylic oxidation sites excluding steroid dienone is 1. The first-order valence-corrected chi connectivity index (χ1v) is 12.8. The zero-order valence-electron chi connectivity index (χ0n) is 12.1. The van der Waals surface area contributed by atoms with Crippen molar-refractivity contribution in [2.45, 2.75) is 42.6 Å². The van der Waals surface area contributed by atoms with Crippen LogP contribution in [0.4, 0.5) is 4.39 Å². The van der Waals surface area contributed by atoms with Gasteiger partial charge < -0.3 is 0 Å². The van der Waals surface area contributed by atoms with Gasteiger partial charge in [0.15, 0.2) is 0 Å². The predicted octanol–water partition coefficient (Wildman–Crippen LogP) is 1.02. The molecule has 2 fully saturated rings. The standard InChI is InChI=1S/C9H10N2O2.C5H9FN.In/c1-5(2)8(10)6-3-4-7(12)11-9(6)13;6-5-3-1-2-4-7-5;/h1,6H,3-4H2,2H3,(H,11,12,13);1,5,7H,2-4H2;/q-1;;+1. The number of amides is 2. The summed E-state index contributed by atoms with van der Waals surface area (Å²) in [4.78, 5) is 23.2. The number of hydrogen-bond donors (Lipinski definition) is 2. The number of nitrogens with zero attached hydrogens (tertiary/aromatic N) is 1. The van der Waals surface area contributed by atoms with Gasteiger partial charge in [-0.1, -0.05) is 0 Å². The van der Waals surface area contributed by atoms with Gasteiger partial charge in [-0.05, 0) is 0 Å². The fourth-order valence-corrected chi connectivity index (χ4v) is 11.9. The molecule has 7 heteroatoms. The van der Waals surface area contributed by atoms with Gasteiger partial charge in [-0.2, -0.15) is 0 Å². The molecular formula is C14H19FInN3O2. The van der Waals surface area contributed by atoms with Gasteiger partial charge in [-0.3, -0.25) is 0 Å². The number of carbonyl (C=O) groups excluding carboxylic acids is 2. The van der Waals surface area contributed by atoms with Gasteiger partial charge in [0.2, 0.25) is 0 Å². The molecule has 0 aliphatic carbocycles. The van der Waals surface area contributed by atoms with Crippen molar-refractivity contribution in [3.05, 3.63) is 9.41 Å². The minimum absolute atomic E-state index is 0.199. The number of hydrogen-bond acceptors (Lipinski definition) is 4. The second kappa shape index (κ2) is 6.20. The maximum atomic E-state index is 13.5. The monoisotopic (exact) mass is 395 g/mol. The van der Waals surface area contributed by atoms with Crippen molar-refractivity contribution in [1.82, 2.24) is 10.6 Å². The van der Waals surface area contributed by atoms with Crippen molar-refractivity contribution in [3.63, 3.8) is 0 Å². The van der Waals surface area contributed by atoms with Crippen LogP contribution in [0.25, 0.3) is 0 Å². The summed E-state index contributed by atoms with van der Waals surface area (Å²) < 4.78 is 21.0. The van der Waals surface area contributed by atoms with Crippen molar-refractivity contribution in [2.75, 3.05) is 6.54 Å². The van der Waals surface area contributed by atoms with Crippen LogP contribution in [0.5, 0.6) is 0 Å². The Morgan fingerprint density at radius 1 is 1.38 bits per heavy atom. The molecule has 3 rings (SSSR count). The van der Waals surface area contributed by atoms with Gasteiger partial charge in [0.05, 0.1) is 0 Å². The van der Waals surface area contributed by atoms with Crippen LogP contribution in [-0.2, 0) is 9.59 Å². The molecule has 0 spiro atoms. The van der Waals surface area contributed by atoms with E-state index in [0.29, 0.717) is 22.9 Å². The molecular weight excluding hydrogens is 376 g/mol. The van der Waals surface area contributed by atoms with Gasteiger partial charge in [0.25, 0.3) is 0 Å². The zero-order valence-corrected chi connectivity index (χ0v) is 15.4. The molecule has 0 aromatic rings. The Kier molecular flexibility index (Phi) is 4.49. The zero-order chi connectivity index (χ0) is 15.0. The van der Waals surface area contributed by atoms with Crippen LogP contribution < -0.4 is 10.6 Å². The summed E-state index contributed by atoms with van der Waals surface area (Å²) in [5.74, 6) is -0.711. The molecule has 3 unspecified atom stereocenters. The third-order valence-electron chi connectivity index (χ3n) is 4.56. The average molecular weight is 395 g/mol. The van der Waals surface area contributed by atoms with Crippen LogP contribution in [0.3, 0.4) is 0 Å². The molecule has 0 aromatic carbocycles. The molecule has 3 aliphatic heterocycles. The normalized spacial score (nSPS) is 33.6. The molecule has 0 bridgehead atoms. The molecule has 3 atom stereocenters. The Labute approximate surface area is 131 Å². The molecule has 2 saturated heterocycles. The summed E-state index contributed by atoms with van der Waals surface area (Å²) >= 11 is -2.32. The number of nitrogens with one attached hydrogen (secondary N) is 2. The summed E-state index contributed by atoms with van der Waals surface area (Å²) in [5, 5.41) is 5.22. The Hall–Kier alpha value is -0.690. The van der Waals surface area contributed by atoms with Crippen molar-refractivity contribution < 1.29 is 14.0 Å². The van der Waals surface area contributed by atoms with Crippen LogP contribution >= 0.6 is 0 Å². The van der Waals surface area contributed by atoms with Crippen molar-refractivity contribution >= 4 is 39.3 Å². The molecule has 112 valence electrons. The fraction of sp³-hybridized carbons (Fsp3) is 0.643. The summed E-state index contributed by atoms with van der Waals surface area (Å²) in [7, 11) is 0. The van der Waals surface area contributed by atoms with E-state index in [0.717, 1.165) is 24.3 Å². The summed E-state index contributed by atoms with van der Waals surface area (Å²) in [5.41, 5.74) is 1.95. The number of carbonyl (C=O) groups is 2. The third-order valence-corrected chi connectivity index (χ3v) is 13.1. The van der Waals surface area contributed by atoms with Crippen LogP contribution in [0.2, 0.25) is 3.67 Å². The van der Waals surface area contributed by atoms with Crippen LogP contribution in [0.1, 0.15) is 32.6 Å². The van der Waals surface area contributed by atoms with Gasteiger partial charge in [0, 0.05) is 0 Å². The fourth-order valence-electron chi connectivity index (χ4n) is 3.40. The van der Waals surface area contributed by atoms with Crippen LogP contribution in [0, 0.1) is 5.92 Å². The molecule has 0 saturated carbocycles. The Morgan fingerprint density at radius 2 is 2.19 bits per heavy atom. The van der Waals surface area contributed by atoms with E-state index in [-0.39, 0.29) is 17.7 Å². The van der Waals surface area contributed by atoms with Crippen LogP contribution in [-0.4, -0.2) is 52.1 Å². The van der Waals surface area contributed by atoms with Crippen molar-refractivity contribution in [3.8, 4) is 0 Å². The van der Waals surface area contributed by atoms with Gasteiger partial charge >= 0.3 is 131 Å². The van der Waals surface area contributed by atoms with E-state index in [1.807, 2.05) is 6.92 Å². The van der Waals surface area contributed by atoms with Crippen molar-refractivity contribution in [1.29, 1.82) is 0 Å². The quantitative estimate of drug-likeness (QED) is 0.542. The van der Waals surface area contributed by atoms with E-state index >= 15 is 0 Å². The molecule has 5 nitrogen and oxygen atoms in total. The van der Waals surface area contributed by atoms with Crippen LogP contribution in [0.15, 0.2) is 12.4 Å². The topological polar surface area (TPSA) is 70.6 Å². The molecule has 21 heavy (non-hydrogen) atoms. The van der Waals surface area contributed by atoms with Gasteiger partial charge in [0.1, 0.15) is 0 Å². The first kappa shape index (κ1) is 15.2. The molecule has 0 radical (unpaired) electrons. The number of piperidine rings is 2. The minimum atomic E-state index is -2.32. The Balaban J connectivity index is 1.74. The maximum absolute atomic E-state index is 13.5.